The van der Waals surface area contributed by atoms with Gasteiger partial charge in [-0.1, -0.05) is 30.3 Å². The minimum absolute atomic E-state index is 0.216. The van der Waals surface area contributed by atoms with Gasteiger partial charge in [0.1, 0.15) is 18.3 Å². The molecule has 30 heavy (non-hydrogen) atoms. The summed E-state index contributed by atoms with van der Waals surface area (Å²) in [5.74, 6) is -1.19. The molecule has 0 spiro atoms. The molecule has 2 amide bonds. The summed E-state index contributed by atoms with van der Waals surface area (Å²) in [4.78, 5) is 26.6. The van der Waals surface area contributed by atoms with Crippen molar-refractivity contribution in [3.8, 4) is 0 Å². The predicted molar refractivity (Wildman–Crippen MR) is 103 cm³/mol. The van der Waals surface area contributed by atoms with Crippen LogP contribution in [0.3, 0.4) is 0 Å². The van der Waals surface area contributed by atoms with Crippen LogP contribution in [0.15, 0.2) is 42.5 Å². The van der Waals surface area contributed by atoms with Crippen LogP contribution >= 0.6 is 0 Å². The summed E-state index contributed by atoms with van der Waals surface area (Å²) < 4.78 is 24.0. The second-order valence-electron chi connectivity index (χ2n) is 8.58. The highest BCUT2D eigenvalue weighted by Crippen LogP contribution is 2.47. The highest BCUT2D eigenvalue weighted by Gasteiger charge is 2.57. The van der Waals surface area contributed by atoms with Gasteiger partial charge in [0.25, 0.3) is 11.8 Å². The molecule has 0 aromatic heterocycles. The van der Waals surface area contributed by atoms with E-state index in [1.54, 1.807) is 24.3 Å². The summed E-state index contributed by atoms with van der Waals surface area (Å²) in [7, 11) is 0. The summed E-state index contributed by atoms with van der Waals surface area (Å²) in [5.41, 5.74) is 3.82. The molecule has 2 fully saturated rings. The third-order valence-corrected chi connectivity index (χ3v) is 6.16. The van der Waals surface area contributed by atoms with E-state index in [1.165, 1.54) is 4.90 Å². The van der Waals surface area contributed by atoms with Gasteiger partial charge < -0.3 is 18.9 Å². The van der Waals surface area contributed by atoms with E-state index in [4.69, 9.17) is 18.9 Å². The fraction of sp³-hybridized carbons (Fsp3) is 0.391. The molecule has 0 saturated carbocycles. The molecule has 7 heteroatoms. The predicted octanol–water partition coefficient (Wildman–Crippen LogP) is 2.93. The fourth-order valence-electron chi connectivity index (χ4n) is 4.82. The molecule has 0 N–H and O–H groups in total. The number of rotatable bonds is 2. The Labute approximate surface area is 173 Å². The molecule has 7 nitrogen and oxygen atoms in total. The maximum atomic E-state index is 12.6. The van der Waals surface area contributed by atoms with Gasteiger partial charge in [-0.25, -0.2) is 0 Å². The average molecular weight is 407 g/mol. The topological polar surface area (TPSA) is 74.3 Å². The van der Waals surface area contributed by atoms with Gasteiger partial charge in [-0.3, -0.25) is 14.5 Å². The molecule has 4 aliphatic rings. The number of ether oxygens (including phenoxy) is 4. The van der Waals surface area contributed by atoms with Crippen molar-refractivity contribution in [2.75, 3.05) is 0 Å². The molecule has 4 aliphatic heterocycles. The van der Waals surface area contributed by atoms with Crippen LogP contribution in [0.2, 0.25) is 0 Å². The van der Waals surface area contributed by atoms with Crippen molar-refractivity contribution in [3.05, 3.63) is 70.3 Å². The smallest absolute Gasteiger partial charge is 0.261 e. The maximum absolute atomic E-state index is 12.6. The monoisotopic (exact) mass is 407 g/mol. The first-order chi connectivity index (χ1) is 14.4. The Balaban J connectivity index is 1.24. The van der Waals surface area contributed by atoms with Gasteiger partial charge in [-0.05, 0) is 42.7 Å². The number of carbonyl (C=O) groups excluding carboxylic acids is 2. The van der Waals surface area contributed by atoms with Crippen LogP contribution in [0.4, 0.5) is 0 Å². The summed E-state index contributed by atoms with van der Waals surface area (Å²) in [6.45, 7) is 4.38. The second kappa shape index (κ2) is 6.21. The number of nitrogens with zero attached hydrogens (tertiary/aromatic N) is 1. The first kappa shape index (κ1) is 18.2. The number of amides is 2. The number of carbonyl (C=O) groups is 2. The van der Waals surface area contributed by atoms with Crippen molar-refractivity contribution in [2.24, 2.45) is 0 Å². The fourth-order valence-corrected chi connectivity index (χ4v) is 4.82. The Morgan fingerprint density at radius 1 is 1.00 bits per heavy atom. The molecule has 0 bridgehead atoms. The van der Waals surface area contributed by atoms with Crippen molar-refractivity contribution >= 4 is 11.8 Å². The average Bonchev–Trinajstić information content (AvgIpc) is 3.30. The van der Waals surface area contributed by atoms with Crippen LogP contribution in [0, 0.1) is 0 Å². The highest BCUT2D eigenvalue weighted by atomic mass is 16.8. The summed E-state index contributed by atoms with van der Waals surface area (Å²) in [6.07, 6.45) is -1.17. The van der Waals surface area contributed by atoms with Crippen LogP contribution < -0.4 is 0 Å². The van der Waals surface area contributed by atoms with Crippen molar-refractivity contribution in [2.45, 2.75) is 57.4 Å². The lowest BCUT2D eigenvalue weighted by Gasteiger charge is -2.31. The molecule has 154 valence electrons. The van der Waals surface area contributed by atoms with Crippen molar-refractivity contribution in [1.82, 2.24) is 4.90 Å². The molecule has 0 aliphatic carbocycles. The van der Waals surface area contributed by atoms with E-state index < -0.39 is 12.1 Å². The number of hydrogen-bond donors (Lipinski definition) is 0. The number of imide groups is 1. The van der Waals surface area contributed by atoms with E-state index in [1.807, 2.05) is 32.0 Å². The zero-order chi connectivity index (χ0) is 20.6. The Kier molecular flexibility index (Phi) is 3.77. The molecule has 4 heterocycles. The molecule has 0 radical (unpaired) electrons. The van der Waals surface area contributed by atoms with Crippen molar-refractivity contribution in [1.29, 1.82) is 0 Å². The van der Waals surface area contributed by atoms with E-state index in [0.717, 1.165) is 16.7 Å². The van der Waals surface area contributed by atoms with Gasteiger partial charge in [0.05, 0.1) is 24.3 Å². The molecule has 2 aromatic rings. The summed E-state index contributed by atoms with van der Waals surface area (Å²) >= 11 is 0. The van der Waals surface area contributed by atoms with Gasteiger partial charge in [0.2, 0.25) is 0 Å². The third kappa shape index (κ3) is 2.60. The number of hydrogen-bond acceptors (Lipinski definition) is 6. The SMILES string of the molecule is CC1(C)O[C@H]2O[C@@H]3c4ccc(CN5C(=O)c6ccccc6C5=O)cc4CO[C@@H]3[C@H]2O1. The van der Waals surface area contributed by atoms with Crippen molar-refractivity contribution in [3.63, 3.8) is 0 Å². The van der Waals surface area contributed by atoms with Gasteiger partial charge in [0, 0.05) is 0 Å². The standard InChI is InChI=1S/C23H21NO6/c1-23(2)29-19-18-17(28-22(19)30-23)14-8-7-12(9-13(14)11-27-18)10-24-20(25)15-5-3-4-6-16(15)21(24)26/h3-9,17-19,22H,10-11H2,1-2H3/t17-,18+,19-,22-/m1/s1. The van der Waals surface area contributed by atoms with E-state index in [-0.39, 0.29) is 36.7 Å². The minimum Gasteiger partial charge on any atom is -0.368 e. The lowest BCUT2D eigenvalue weighted by molar-refractivity contribution is -0.223. The lowest BCUT2D eigenvalue weighted by Crippen LogP contribution is -2.36. The van der Waals surface area contributed by atoms with Gasteiger partial charge in [0.15, 0.2) is 12.1 Å². The summed E-state index contributed by atoms with van der Waals surface area (Å²) in [6, 6.07) is 12.8. The van der Waals surface area contributed by atoms with Crippen molar-refractivity contribution < 1.29 is 28.5 Å². The van der Waals surface area contributed by atoms with Gasteiger partial charge in [-0.15, -0.1) is 0 Å². The first-order valence-corrected chi connectivity index (χ1v) is 10.1. The normalized spacial score (nSPS) is 30.8. The Morgan fingerprint density at radius 2 is 1.73 bits per heavy atom. The molecule has 2 aromatic carbocycles. The quantitative estimate of drug-likeness (QED) is 0.713. The zero-order valence-corrected chi connectivity index (χ0v) is 16.7. The van der Waals surface area contributed by atoms with E-state index in [0.29, 0.717) is 17.7 Å². The number of benzene rings is 2. The van der Waals surface area contributed by atoms with Gasteiger partial charge >= 0.3 is 0 Å². The molecule has 0 unspecified atom stereocenters. The molecular formula is C23H21NO6. The second-order valence-corrected chi connectivity index (χ2v) is 8.58. The van der Waals surface area contributed by atoms with Crippen LogP contribution in [0.1, 0.15) is 57.4 Å². The third-order valence-electron chi connectivity index (χ3n) is 6.16. The van der Waals surface area contributed by atoms with Gasteiger partial charge in [-0.2, -0.15) is 0 Å². The molecule has 4 atom stereocenters. The Morgan fingerprint density at radius 3 is 2.47 bits per heavy atom. The lowest BCUT2D eigenvalue weighted by atomic mass is 9.93. The summed E-state index contributed by atoms with van der Waals surface area (Å²) in [5, 5.41) is 0. The molecule has 2 saturated heterocycles. The molecule has 6 rings (SSSR count). The maximum Gasteiger partial charge on any atom is 0.261 e. The van der Waals surface area contributed by atoms with Crippen LogP contribution in [-0.4, -0.2) is 41.0 Å². The van der Waals surface area contributed by atoms with E-state index in [2.05, 4.69) is 0 Å². The molecular weight excluding hydrogens is 386 g/mol. The van der Waals surface area contributed by atoms with E-state index in [9.17, 15) is 9.59 Å². The highest BCUT2D eigenvalue weighted by molar-refractivity contribution is 6.21. The van der Waals surface area contributed by atoms with Crippen LogP contribution in [-0.2, 0) is 32.1 Å². The zero-order valence-electron chi connectivity index (χ0n) is 16.7. The van der Waals surface area contributed by atoms with Crippen LogP contribution in [0.5, 0.6) is 0 Å². The van der Waals surface area contributed by atoms with E-state index >= 15 is 0 Å². The Bertz CT molecular complexity index is 1040. The minimum atomic E-state index is -0.680. The first-order valence-electron chi connectivity index (χ1n) is 10.1. The van der Waals surface area contributed by atoms with Crippen LogP contribution in [0.25, 0.3) is 0 Å². The number of fused-ring (bicyclic) bond motifs is 6. The Hall–Kier alpha value is -2.58. The largest absolute Gasteiger partial charge is 0.368 e.